The first kappa shape index (κ1) is 9.04. The third-order valence-electron chi connectivity index (χ3n) is 3.66. The van der Waals surface area contributed by atoms with Gasteiger partial charge in [0.05, 0.1) is 0 Å². The van der Waals surface area contributed by atoms with E-state index in [-0.39, 0.29) is 5.54 Å². The van der Waals surface area contributed by atoms with E-state index in [1.807, 2.05) is 0 Å². The molecule has 0 aromatic rings. The summed E-state index contributed by atoms with van der Waals surface area (Å²) in [7, 11) is 0. The van der Waals surface area contributed by atoms with E-state index in [0.29, 0.717) is 5.91 Å². The summed E-state index contributed by atoms with van der Waals surface area (Å²) >= 11 is 0. The highest BCUT2D eigenvalue weighted by molar-refractivity contribution is 5.77. The Hall–Kier alpha value is -0.530. The summed E-state index contributed by atoms with van der Waals surface area (Å²) in [5.74, 6) is 0.403. The second kappa shape index (κ2) is 3.32. The van der Waals surface area contributed by atoms with Crippen molar-refractivity contribution in [3.8, 4) is 0 Å². The molecule has 1 amide bonds. The smallest absolute Gasteiger partial charge is 0.223 e. The molecule has 2 nitrogen and oxygen atoms in total. The standard InChI is InChI=1S/C11H19NO/c1-11-7-4-2-3-6-10(13)12(11)9-5-8-11/h2-9H2,1H3. The minimum absolute atomic E-state index is 0.220. The van der Waals surface area contributed by atoms with Crippen molar-refractivity contribution in [2.75, 3.05) is 6.54 Å². The van der Waals surface area contributed by atoms with Crippen LogP contribution in [0.2, 0.25) is 0 Å². The maximum Gasteiger partial charge on any atom is 0.223 e. The first-order valence-electron chi connectivity index (χ1n) is 5.53. The maximum absolute atomic E-state index is 11.8. The number of hydrogen-bond acceptors (Lipinski definition) is 1. The molecule has 2 aliphatic rings. The maximum atomic E-state index is 11.8. The van der Waals surface area contributed by atoms with Gasteiger partial charge >= 0.3 is 0 Å². The molecule has 2 rings (SSSR count). The Balaban J connectivity index is 2.15. The van der Waals surface area contributed by atoms with E-state index >= 15 is 0 Å². The monoisotopic (exact) mass is 181 g/mol. The molecule has 2 heterocycles. The quantitative estimate of drug-likeness (QED) is 0.561. The molecule has 74 valence electrons. The van der Waals surface area contributed by atoms with Crippen LogP contribution in [0.4, 0.5) is 0 Å². The van der Waals surface area contributed by atoms with Crippen LogP contribution in [-0.2, 0) is 4.79 Å². The number of amides is 1. The minimum Gasteiger partial charge on any atom is -0.337 e. The predicted octanol–water partition coefficient (Wildman–Crippen LogP) is 2.33. The minimum atomic E-state index is 0.220. The zero-order chi connectivity index (χ0) is 9.31. The average Bonchev–Trinajstić information content (AvgIpc) is 2.44. The Morgan fingerprint density at radius 1 is 1.15 bits per heavy atom. The third kappa shape index (κ3) is 1.59. The fourth-order valence-corrected chi connectivity index (χ4v) is 2.80. The predicted molar refractivity (Wildman–Crippen MR) is 52.4 cm³/mol. The molecule has 0 aromatic heterocycles. The topological polar surface area (TPSA) is 20.3 Å². The van der Waals surface area contributed by atoms with Crippen LogP contribution in [-0.4, -0.2) is 22.9 Å². The van der Waals surface area contributed by atoms with Crippen molar-refractivity contribution < 1.29 is 4.79 Å². The van der Waals surface area contributed by atoms with Crippen molar-refractivity contribution >= 4 is 5.91 Å². The molecule has 2 saturated heterocycles. The van der Waals surface area contributed by atoms with Gasteiger partial charge in [0.1, 0.15) is 0 Å². The van der Waals surface area contributed by atoms with Gasteiger partial charge in [0, 0.05) is 18.5 Å². The lowest BCUT2D eigenvalue weighted by molar-refractivity contribution is -0.135. The van der Waals surface area contributed by atoms with Crippen LogP contribution in [0.25, 0.3) is 0 Å². The normalized spacial score (nSPS) is 35.5. The zero-order valence-corrected chi connectivity index (χ0v) is 8.51. The number of carbonyl (C=O) groups is 1. The summed E-state index contributed by atoms with van der Waals surface area (Å²) in [5, 5.41) is 0. The van der Waals surface area contributed by atoms with Crippen LogP contribution in [0.5, 0.6) is 0 Å². The zero-order valence-electron chi connectivity index (χ0n) is 8.51. The van der Waals surface area contributed by atoms with Crippen LogP contribution in [0, 0.1) is 0 Å². The Labute approximate surface area is 80.3 Å². The summed E-state index contributed by atoms with van der Waals surface area (Å²) in [6.07, 6.45) is 8.09. The van der Waals surface area contributed by atoms with Gasteiger partial charge in [-0.15, -0.1) is 0 Å². The molecule has 1 atom stereocenters. The Morgan fingerprint density at radius 2 is 1.92 bits per heavy atom. The molecule has 13 heavy (non-hydrogen) atoms. The Kier molecular flexibility index (Phi) is 2.31. The van der Waals surface area contributed by atoms with Gasteiger partial charge in [0.25, 0.3) is 0 Å². The molecular weight excluding hydrogens is 162 g/mol. The number of carbonyl (C=O) groups excluding carboxylic acids is 1. The lowest BCUT2D eigenvalue weighted by Crippen LogP contribution is -2.45. The van der Waals surface area contributed by atoms with Crippen molar-refractivity contribution in [2.45, 2.75) is 57.4 Å². The molecule has 0 saturated carbocycles. The van der Waals surface area contributed by atoms with Crippen LogP contribution in [0.15, 0.2) is 0 Å². The average molecular weight is 181 g/mol. The van der Waals surface area contributed by atoms with Crippen molar-refractivity contribution in [3.63, 3.8) is 0 Å². The number of fused-ring (bicyclic) bond motifs is 1. The van der Waals surface area contributed by atoms with Crippen LogP contribution < -0.4 is 0 Å². The highest BCUT2D eigenvalue weighted by Gasteiger charge is 2.39. The van der Waals surface area contributed by atoms with Gasteiger partial charge in [-0.3, -0.25) is 4.79 Å². The van der Waals surface area contributed by atoms with Crippen molar-refractivity contribution in [2.24, 2.45) is 0 Å². The molecule has 2 fully saturated rings. The van der Waals surface area contributed by atoms with Gasteiger partial charge in [-0.25, -0.2) is 0 Å². The SMILES string of the molecule is CC12CCCCCC(=O)N1CCC2. The van der Waals surface area contributed by atoms with Gasteiger partial charge < -0.3 is 4.90 Å². The van der Waals surface area contributed by atoms with E-state index in [0.717, 1.165) is 19.4 Å². The second-order valence-corrected chi connectivity index (χ2v) is 4.71. The van der Waals surface area contributed by atoms with Gasteiger partial charge in [0.2, 0.25) is 5.91 Å². The van der Waals surface area contributed by atoms with Crippen LogP contribution >= 0.6 is 0 Å². The van der Waals surface area contributed by atoms with Crippen molar-refractivity contribution in [1.82, 2.24) is 4.90 Å². The van der Waals surface area contributed by atoms with Crippen molar-refractivity contribution in [3.05, 3.63) is 0 Å². The van der Waals surface area contributed by atoms with E-state index in [1.165, 1.54) is 32.1 Å². The van der Waals surface area contributed by atoms with E-state index in [2.05, 4.69) is 11.8 Å². The molecule has 2 aliphatic heterocycles. The highest BCUT2D eigenvalue weighted by atomic mass is 16.2. The molecule has 2 heteroatoms. The molecule has 0 bridgehead atoms. The number of hydrogen-bond donors (Lipinski definition) is 0. The first-order valence-corrected chi connectivity index (χ1v) is 5.53. The van der Waals surface area contributed by atoms with Gasteiger partial charge in [-0.1, -0.05) is 12.8 Å². The van der Waals surface area contributed by atoms with Crippen LogP contribution in [0.1, 0.15) is 51.9 Å². The summed E-state index contributed by atoms with van der Waals surface area (Å²) in [6.45, 7) is 3.28. The molecule has 0 N–H and O–H groups in total. The second-order valence-electron chi connectivity index (χ2n) is 4.71. The molecule has 1 unspecified atom stereocenters. The first-order chi connectivity index (χ1) is 6.22. The lowest BCUT2D eigenvalue weighted by Gasteiger charge is -2.37. The molecular formula is C11H19NO. The largest absolute Gasteiger partial charge is 0.337 e. The van der Waals surface area contributed by atoms with Crippen LogP contribution in [0.3, 0.4) is 0 Å². The Morgan fingerprint density at radius 3 is 2.77 bits per heavy atom. The molecule has 0 aliphatic carbocycles. The van der Waals surface area contributed by atoms with E-state index in [4.69, 9.17) is 0 Å². The van der Waals surface area contributed by atoms with Gasteiger partial charge in [0.15, 0.2) is 0 Å². The lowest BCUT2D eigenvalue weighted by atomic mass is 9.89. The fourth-order valence-electron chi connectivity index (χ4n) is 2.80. The number of nitrogens with zero attached hydrogens (tertiary/aromatic N) is 1. The highest BCUT2D eigenvalue weighted by Crippen LogP contribution is 2.35. The Bertz CT molecular complexity index is 214. The summed E-state index contributed by atoms with van der Waals surface area (Å²) in [6, 6.07) is 0. The van der Waals surface area contributed by atoms with Gasteiger partial charge in [-0.2, -0.15) is 0 Å². The van der Waals surface area contributed by atoms with E-state index < -0.39 is 0 Å². The summed E-state index contributed by atoms with van der Waals surface area (Å²) in [4.78, 5) is 13.9. The summed E-state index contributed by atoms with van der Waals surface area (Å²) < 4.78 is 0. The molecule has 0 spiro atoms. The summed E-state index contributed by atoms with van der Waals surface area (Å²) in [5.41, 5.74) is 0.220. The molecule has 0 aromatic carbocycles. The fraction of sp³-hybridized carbons (Fsp3) is 0.909. The molecule has 0 radical (unpaired) electrons. The van der Waals surface area contributed by atoms with Gasteiger partial charge in [-0.05, 0) is 32.6 Å². The third-order valence-corrected chi connectivity index (χ3v) is 3.66. The van der Waals surface area contributed by atoms with Crippen molar-refractivity contribution in [1.29, 1.82) is 0 Å². The number of rotatable bonds is 0. The van der Waals surface area contributed by atoms with E-state index in [9.17, 15) is 4.79 Å². The van der Waals surface area contributed by atoms with E-state index in [1.54, 1.807) is 0 Å².